The van der Waals surface area contributed by atoms with Crippen LogP contribution in [0.25, 0.3) is 0 Å². The predicted molar refractivity (Wildman–Crippen MR) is 112 cm³/mol. The van der Waals surface area contributed by atoms with Crippen molar-refractivity contribution in [2.45, 2.75) is 51.3 Å². The van der Waals surface area contributed by atoms with Crippen molar-refractivity contribution >= 4 is 11.8 Å². The number of ether oxygens (including phenoxy) is 1. The number of nitrogens with zero attached hydrogens (tertiary/aromatic N) is 2. The molecule has 1 saturated heterocycles. The van der Waals surface area contributed by atoms with Gasteiger partial charge in [0.15, 0.2) is 0 Å². The van der Waals surface area contributed by atoms with Crippen LogP contribution in [0.5, 0.6) is 0 Å². The molecule has 2 aliphatic rings. The van der Waals surface area contributed by atoms with Gasteiger partial charge in [-0.25, -0.2) is 0 Å². The number of amides is 2. The lowest BCUT2D eigenvalue weighted by Crippen LogP contribution is -2.48. The summed E-state index contributed by atoms with van der Waals surface area (Å²) in [6, 6.07) is 13.6. The lowest BCUT2D eigenvalue weighted by molar-refractivity contribution is -0.146. The summed E-state index contributed by atoms with van der Waals surface area (Å²) >= 11 is 0. The highest BCUT2D eigenvalue weighted by atomic mass is 16.5. The smallest absolute Gasteiger partial charge is 0.242 e. The molecule has 2 aromatic rings. The predicted octanol–water partition coefficient (Wildman–Crippen LogP) is 3.62. The average Bonchev–Trinajstić information content (AvgIpc) is 3.40. The molecule has 0 spiro atoms. The molecule has 0 bridgehead atoms. The lowest BCUT2D eigenvalue weighted by atomic mass is 9.84. The van der Waals surface area contributed by atoms with Crippen LogP contribution < -0.4 is 0 Å². The van der Waals surface area contributed by atoms with Crippen molar-refractivity contribution in [2.75, 3.05) is 19.7 Å². The second kappa shape index (κ2) is 9.94. The highest BCUT2D eigenvalue weighted by molar-refractivity contribution is 5.86. The van der Waals surface area contributed by atoms with E-state index in [1.165, 1.54) is 0 Å². The minimum atomic E-state index is -0.0686. The summed E-state index contributed by atoms with van der Waals surface area (Å²) in [5, 5.41) is 0. The van der Waals surface area contributed by atoms with Crippen molar-refractivity contribution in [1.82, 2.24) is 9.80 Å². The molecule has 1 aliphatic carbocycles. The molecule has 1 atom stereocenters. The molecule has 1 aromatic carbocycles. The van der Waals surface area contributed by atoms with Crippen LogP contribution >= 0.6 is 0 Å². The van der Waals surface area contributed by atoms with E-state index in [0.717, 1.165) is 50.0 Å². The molecule has 1 aromatic heterocycles. The fourth-order valence-corrected chi connectivity index (χ4v) is 4.07. The molecule has 6 heteroatoms. The van der Waals surface area contributed by atoms with Crippen LogP contribution in [0.15, 0.2) is 53.1 Å². The van der Waals surface area contributed by atoms with Crippen LogP contribution in [0.3, 0.4) is 0 Å². The maximum absolute atomic E-state index is 13.3. The molecule has 6 nitrogen and oxygen atoms in total. The van der Waals surface area contributed by atoms with Crippen molar-refractivity contribution in [3.8, 4) is 0 Å². The highest BCUT2D eigenvalue weighted by Gasteiger charge is 2.33. The molecule has 0 N–H and O–H groups in total. The molecular formula is C24H30N2O4. The molecule has 30 heavy (non-hydrogen) atoms. The summed E-state index contributed by atoms with van der Waals surface area (Å²) < 4.78 is 11.2. The van der Waals surface area contributed by atoms with E-state index in [2.05, 4.69) is 0 Å². The number of benzene rings is 1. The SMILES string of the molecule is O=C(CN(CC1CCCO1)C(=O)C1CCC1)N(Cc1ccccc1)Cc1ccco1. The van der Waals surface area contributed by atoms with Crippen LogP contribution in [0.2, 0.25) is 0 Å². The molecule has 2 amide bonds. The Balaban J connectivity index is 1.47. The molecule has 160 valence electrons. The number of hydrogen-bond donors (Lipinski definition) is 0. The Labute approximate surface area is 177 Å². The number of furan rings is 1. The molecule has 1 unspecified atom stereocenters. The zero-order valence-electron chi connectivity index (χ0n) is 17.4. The Bertz CT molecular complexity index is 811. The fraction of sp³-hybridized carbons (Fsp3) is 0.500. The van der Waals surface area contributed by atoms with E-state index in [0.29, 0.717) is 19.6 Å². The molecule has 4 rings (SSSR count). The molecule has 1 saturated carbocycles. The van der Waals surface area contributed by atoms with Gasteiger partial charge in [-0.05, 0) is 43.4 Å². The minimum Gasteiger partial charge on any atom is -0.467 e. The Morgan fingerprint density at radius 2 is 1.77 bits per heavy atom. The van der Waals surface area contributed by atoms with Gasteiger partial charge in [0.2, 0.25) is 11.8 Å². The van der Waals surface area contributed by atoms with E-state index in [9.17, 15) is 9.59 Å². The number of carbonyl (C=O) groups excluding carboxylic acids is 2. The van der Waals surface area contributed by atoms with Gasteiger partial charge in [-0.1, -0.05) is 36.8 Å². The van der Waals surface area contributed by atoms with E-state index in [1.807, 2.05) is 42.5 Å². The van der Waals surface area contributed by atoms with Gasteiger partial charge in [0, 0.05) is 25.6 Å². The van der Waals surface area contributed by atoms with E-state index >= 15 is 0 Å². The highest BCUT2D eigenvalue weighted by Crippen LogP contribution is 2.29. The van der Waals surface area contributed by atoms with Crippen molar-refractivity contribution in [3.05, 3.63) is 60.1 Å². The molecule has 2 heterocycles. The number of rotatable bonds is 9. The number of carbonyl (C=O) groups is 2. The van der Waals surface area contributed by atoms with Gasteiger partial charge in [-0.15, -0.1) is 0 Å². The third kappa shape index (κ3) is 5.30. The Hall–Kier alpha value is -2.60. The topological polar surface area (TPSA) is 63.0 Å². The van der Waals surface area contributed by atoms with E-state index < -0.39 is 0 Å². The first kappa shape index (κ1) is 20.7. The second-order valence-corrected chi connectivity index (χ2v) is 8.30. The minimum absolute atomic E-state index is 0.0365. The van der Waals surface area contributed by atoms with Crippen molar-refractivity contribution in [2.24, 2.45) is 5.92 Å². The lowest BCUT2D eigenvalue weighted by Gasteiger charge is -2.34. The standard InChI is InChI=1S/C24H30N2O4/c27-23(18-26(17-22-12-6-14-30-22)24(28)20-9-4-10-20)25(16-21-11-5-13-29-21)15-19-7-2-1-3-8-19/h1-3,5,7-8,11,13,20,22H,4,6,9-10,12,14-18H2. The van der Waals surface area contributed by atoms with E-state index in [4.69, 9.17) is 9.15 Å². The van der Waals surface area contributed by atoms with Gasteiger partial charge in [0.25, 0.3) is 0 Å². The molecule has 1 aliphatic heterocycles. The van der Waals surface area contributed by atoms with Gasteiger partial charge >= 0.3 is 0 Å². The maximum Gasteiger partial charge on any atom is 0.242 e. The second-order valence-electron chi connectivity index (χ2n) is 8.30. The summed E-state index contributed by atoms with van der Waals surface area (Å²) in [5.74, 6) is 0.825. The summed E-state index contributed by atoms with van der Waals surface area (Å²) in [4.78, 5) is 29.9. The Morgan fingerprint density at radius 3 is 2.40 bits per heavy atom. The molecular weight excluding hydrogens is 380 g/mol. The number of hydrogen-bond acceptors (Lipinski definition) is 4. The van der Waals surface area contributed by atoms with Crippen LogP contribution in [0.4, 0.5) is 0 Å². The van der Waals surface area contributed by atoms with Gasteiger partial charge in [-0.2, -0.15) is 0 Å². The van der Waals surface area contributed by atoms with Crippen LogP contribution in [0.1, 0.15) is 43.4 Å². The third-order valence-electron chi connectivity index (χ3n) is 6.04. The quantitative estimate of drug-likeness (QED) is 0.633. The monoisotopic (exact) mass is 410 g/mol. The van der Waals surface area contributed by atoms with E-state index in [1.54, 1.807) is 16.1 Å². The Kier molecular flexibility index (Phi) is 6.84. The van der Waals surface area contributed by atoms with E-state index in [-0.39, 0.29) is 30.4 Å². The first-order valence-electron chi connectivity index (χ1n) is 10.9. The first-order chi connectivity index (χ1) is 14.7. The van der Waals surface area contributed by atoms with Gasteiger partial charge in [-0.3, -0.25) is 9.59 Å². The summed E-state index contributed by atoms with van der Waals surface area (Å²) in [6.45, 7) is 2.18. The zero-order chi connectivity index (χ0) is 20.8. The van der Waals surface area contributed by atoms with Crippen molar-refractivity contribution in [1.29, 1.82) is 0 Å². The van der Waals surface area contributed by atoms with Crippen LogP contribution in [-0.2, 0) is 27.4 Å². The van der Waals surface area contributed by atoms with Gasteiger partial charge in [0.1, 0.15) is 5.76 Å². The maximum atomic E-state index is 13.3. The largest absolute Gasteiger partial charge is 0.467 e. The summed E-state index contributed by atoms with van der Waals surface area (Å²) in [7, 11) is 0. The zero-order valence-corrected chi connectivity index (χ0v) is 17.4. The van der Waals surface area contributed by atoms with Crippen molar-refractivity contribution in [3.63, 3.8) is 0 Å². The van der Waals surface area contributed by atoms with Gasteiger partial charge < -0.3 is 19.0 Å². The van der Waals surface area contributed by atoms with Crippen molar-refractivity contribution < 1.29 is 18.7 Å². The summed E-state index contributed by atoms with van der Waals surface area (Å²) in [6.07, 6.45) is 6.56. The summed E-state index contributed by atoms with van der Waals surface area (Å²) in [5.41, 5.74) is 1.05. The average molecular weight is 411 g/mol. The van der Waals surface area contributed by atoms with Gasteiger partial charge in [0.05, 0.1) is 25.5 Å². The Morgan fingerprint density at radius 1 is 0.933 bits per heavy atom. The third-order valence-corrected chi connectivity index (χ3v) is 6.04. The molecule has 2 fully saturated rings. The van der Waals surface area contributed by atoms with Crippen LogP contribution in [-0.4, -0.2) is 47.4 Å². The normalized spacial score (nSPS) is 18.7. The van der Waals surface area contributed by atoms with Crippen LogP contribution in [0, 0.1) is 5.92 Å². The first-order valence-corrected chi connectivity index (χ1v) is 10.9. The fourth-order valence-electron chi connectivity index (χ4n) is 4.07. The molecule has 0 radical (unpaired) electrons.